The topological polar surface area (TPSA) is 215 Å². The summed E-state index contributed by atoms with van der Waals surface area (Å²) in [7, 11) is 0. The molecular weight excluding hydrogens is 984 g/mol. The van der Waals surface area contributed by atoms with Gasteiger partial charge in [-0.15, -0.1) is 11.3 Å². The van der Waals surface area contributed by atoms with Gasteiger partial charge in [-0.25, -0.2) is 19.9 Å². The Balaban J connectivity index is 0.829. The monoisotopic (exact) mass is 1060 g/mol. The Morgan fingerprint density at radius 3 is 2.27 bits per heavy atom. The zero-order valence-electron chi connectivity index (χ0n) is 43.1. The minimum Gasteiger partial charge on any atom is -0.391 e. The molecular formula is C53H73ClN12O5S2. The zero-order valence-corrected chi connectivity index (χ0v) is 45.5. The van der Waals surface area contributed by atoms with Crippen LogP contribution in [0.15, 0.2) is 64.4 Å². The number of amides is 4. The van der Waals surface area contributed by atoms with Crippen molar-refractivity contribution in [2.24, 2.45) is 22.5 Å². The van der Waals surface area contributed by atoms with Crippen LogP contribution in [0.4, 0.5) is 11.6 Å². The minimum atomic E-state index is -0.903. The second-order valence-electron chi connectivity index (χ2n) is 21.8. The Hall–Kier alpha value is -4.92. The SMILES string of the molecule is CC(=O)N[C@H](C(=O)N1C[C@H](O)C[C@H]1C(=O)N[C@@H](CCN1CCC(C(=O)N2CCC(Nc3nccc(Sc4cnc(N5CCC(C)(CN)CC5)cn4)c3Cl)CC2)CC1)c1ccc(-c2scnc2C)cc1)C(C)(C)C. The summed E-state index contributed by atoms with van der Waals surface area (Å²) in [5.74, 6) is 0.563. The maximum Gasteiger partial charge on any atom is 0.246 e. The van der Waals surface area contributed by atoms with Gasteiger partial charge in [0.05, 0.1) is 45.6 Å². The molecule has 6 N–H and O–H groups in total. The van der Waals surface area contributed by atoms with Gasteiger partial charge >= 0.3 is 0 Å². The summed E-state index contributed by atoms with van der Waals surface area (Å²) in [6.07, 6.45) is 10.3. The highest BCUT2D eigenvalue weighted by Gasteiger charge is 2.45. The van der Waals surface area contributed by atoms with E-state index in [1.807, 2.05) is 62.5 Å². The van der Waals surface area contributed by atoms with Crippen LogP contribution in [-0.4, -0.2) is 147 Å². The number of β-amino-alcohol motifs (C(OH)–C–C–N with tert-alkyl or cyclic N) is 1. The number of carbonyl (C=O) groups excluding carboxylic acids is 4. The molecule has 0 aliphatic carbocycles. The number of hydrogen-bond donors (Lipinski definition) is 5. The largest absolute Gasteiger partial charge is 0.391 e. The number of hydrogen-bond acceptors (Lipinski definition) is 15. The molecule has 20 heteroatoms. The third kappa shape index (κ3) is 13.5. The van der Waals surface area contributed by atoms with E-state index in [0.29, 0.717) is 43.4 Å². The van der Waals surface area contributed by atoms with E-state index >= 15 is 0 Å². The van der Waals surface area contributed by atoms with Crippen molar-refractivity contribution in [3.63, 3.8) is 0 Å². The number of benzene rings is 1. The summed E-state index contributed by atoms with van der Waals surface area (Å²) in [5, 5.41) is 21.7. The Morgan fingerprint density at radius 2 is 1.66 bits per heavy atom. The molecule has 4 atom stereocenters. The van der Waals surface area contributed by atoms with Gasteiger partial charge in [0.15, 0.2) is 0 Å². The van der Waals surface area contributed by atoms with Crippen molar-refractivity contribution in [2.75, 3.05) is 69.1 Å². The molecule has 0 spiro atoms. The number of aliphatic hydroxyl groups is 1. The van der Waals surface area contributed by atoms with Crippen LogP contribution < -0.4 is 26.6 Å². The van der Waals surface area contributed by atoms with Crippen LogP contribution in [0, 0.1) is 23.7 Å². The molecule has 4 amide bonds. The number of rotatable bonds is 16. The fourth-order valence-electron chi connectivity index (χ4n) is 10.5. The van der Waals surface area contributed by atoms with Crippen LogP contribution in [0.2, 0.25) is 5.02 Å². The summed E-state index contributed by atoms with van der Waals surface area (Å²) < 4.78 is 0. The van der Waals surface area contributed by atoms with Crippen molar-refractivity contribution in [2.45, 2.75) is 133 Å². The fraction of sp³-hybridized carbons (Fsp3) is 0.585. The average Bonchev–Trinajstić information content (AvgIpc) is 4.00. The Labute approximate surface area is 443 Å². The molecule has 4 saturated heterocycles. The molecule has 1 aromatic carbocycles. The molecule has 3 aromatic heterocycles. The van der Waals surface area contributed by atoms with Crippen LogP contribution in [0.5, 0.6) is 0 Å². The highest BCUT2D eigenvalue weighted by Crippen LogP contribution is 2.38. The molecule has 0 radical (unpaired) electrons. The third-order valence-electron chi connectivity index (χ3n) is 15.3. The smallest absolute Gasteiger partial charge is 0.246 e. The summed E-state index contributed by atoms with van der Waals surface area (Å²) in [6, 6.07) is 8.02. The van der Waals surface area contributed by atoms with E-state index in [-0.39, 0.29) is 54.1 Å². The molecule has 4 aliphatic heterocycles. The molecule has 0 unspecified atom stereocenters. The van der Waals surface area contributed by atoms with E-state index in [1.165, 1.54) is 23.6 Å². The van der Waals surface area contributed by atoms with Crippen LogP contribution in [0.1, 0.15) is 103 Å². The number of nitrogens with two attached hydrogens (primary N) is 1. The van der Waals surface area contributed by atoms with Crippen molar-refractivity contribution >= 4 is 70.0 Å². The highest BCUT2D eigenvalue weighted by molar-refractivity contribution is 7.99. The summed E-state index contributed by atoms with van der Waals surface area (Å²) >= 11 is 9.97. The van der Waals surface area contributed by atoms with Crippen molar-refractivity contribution in [3.05, 3.63) is 70.7 Å². The van der Waals surface area contributed by atoms with E-state index in [4.69, 9.17) is 27.3 Å². The molecule has 4 fully saturated rings. The molecule has 73 heavy (non-hydrogen) atoms. The average molecular weight is 1060 g/mol. The van der Waals surface area contributed by atoms with E-state index in [2.05, 4.69) is 54.8 Å². The number of aromatic nitrogens is 4. The lowest BCUT2D eigenvalue weighted by molar-refractivity contribution is -0.144. The summed E-state index contributed by atoms with van der Waals surface area (Å²) in [5.41, 5.74) is 10.3. The summed E-state index contributed by atoms with van der Waals surface area (Å²) in [6.45, 7) is 17.2. The van der Waals surface area contributed by atoms with Crippen molar-refractivity contribution in [1.29, 1.82) is 0 Å². The molecule has 4 aliphatic rings. The van der Waals surface area contributed by atoms with Crippen molar-refractivity contribution < 1.29 is 24.3 Å². The number of halogens is 1. The predicted molar refractivity (Wildman–Crippen MR) is 287 cm³/mol. The molecule has 0 saturated carbocycles. The van der Waals surface area contributed by atoms with Crippen LogP contribution in [-0.2, 0) is 19.2 Å². The molecule has 4 aromatic rings. The Bertz CT molecular complexity index is 2540. The number of nitrogens with one attached hydrogen (secondary N) is 3. The number of carbonyl (C=O) groups is 4. The number of nitrogens with zero attached hydrogens (tertiary/aromatic N) is 8. The van der Waals surface area contributed by atoms with Crippen LogP contribution >= 0.6 is 34.7 Å². The van der Waals surface area contributed by atoms with Gasteiger partial charge in [0.25, 0.3) is 0 Å². The standard InChI is InChI=1S/C53H73ClN12O5S2/c1-33-46(72-32-59-33)36-9-7-35(8-10-36)40(62-49(69)41-27-39(68)30-66(41)51(71)47(52(3,4)5)60-34(2)67)16-22-63-20-12-37(13-21-63)50(70)65-23-14-38(15-24-65)61-48-45(54)42(11-19-56-48)73-44-29-57-43(28-58-44)64-25-17-53(6,31-55)18-26-64/h7-11,19,28-29,32,37-41,47,68H,12-18,20-27,30-31,55H2,1-6H3,(H,56,61)(H,60,67)(H,62,69)/t39-,40+,41+,47-/m1/s1. The van der Waals surface area contributed by atoms with E-state index < -0.39 is 29.5 Å². The normalized spacial score (nSPS) is 20.9. The molecule has 394 valence electrons. The maximum absolute atomic E-state index is 14.3. The quantitative estimate of drug-likeness (QED) is 0.0806. The third-order valence-corrected chi connectivity index (χ3v) is 17.7. The lowest BCUT2D eigenvalue weighted by atomic mass is 9.80. The van der Waals surface area contributed by atoms with Crippen molar-refractivity contribution in [3.8, 4) is 10.4 Å². The highest BCUT2D eigenvalue weighted by atomic mass is 35.5. The van der Waals surface area contributed by atoms with Gasteiger partial charge in [0.1, 0.15) is 28.7 Å². The lowest BCUT2D eigenvalue weighted by Gasteiger charge is -2.39. The number of likely N-dealkylation sites (tertiary alicyclic amines) is 3. The number of pyridine rings is 1. The minimum absolute atomic E-state index is 0.00261. The summed E-state index contributed by atoms with van der Waals surface area (Å²) in [4.78, 5) is 82.8. The second-order valence-corrected chi connectivity index (χ2v) is 24.1. The first-order chi connectivity index (χ1) is 34.9. The van der Waals surface area contributed by atoms with Gasteiger partial charge in [0, 0.05) is 75.7 Å². The molecule has 7 heterocycles. The first kappa shape index (κ1) is 54.3. The molecule has 8 rings (SSSR count). The van der Waals surface area contributed by atoms with Gasteiger partial charge in [-0.2, -0.15) is 0 Å². The Morgan fingerprint density at radius 1 is 0.945 bits per heavy atom. The van der Waals surface area contributed by atoms with Crippen LogP contribution in [0.3, 0.4) is 0 Å². The predicted octanol–water partition coefficient (Wildman–Crippen LogP) is 6.55. The zero-order chi connectivity index (χ0) is 52.0. The number of anilines is 2. The van der Waals surface area contributed by atoms with E-state index in [9.17, 15) is 24.3 Å². The number of thiazole rings is 1. The van der Waals surface area contributed by atoms with Crippen LogP contribution in [0.25, 0.3) is 10.4 Å². The lowest BCUT2D eigenvalue weighted by Crippen LogP contribution is -2.57. The van der Waals surface area contributed by atoms with Gasteiger partial charge < -0.3 is 46.4 Å². The molecule has 0 bridgehead atoms. The number of piperidine rings is 3. The molecule has 17 nitrogen and oxygen atoms in total. The van der Waals surface area contributed by atoms with E-state index in [0.717, 1.165) is 102 Å². The number of aliphatic hydroxyl groups excluding tert-OH is 1. The van der Waals surface area contributed by atoms with E-state index in [1.54, 1.807) is 23.7 Å². The second kappa shape index (κ2) is 23.7. The van der Waals surface area contributed by atoms with Gasteiger partial charge in [-0.3, -0.25) is 19.2 Å². The fourth-order valence-corrected chi connectivity index (χ4v) is 12.3. The first-order valence-corrected chi connectivity index (χ1v) is 27.9. The van der Waals surface area contributed by atoms with Gasteiger partial charge in [0.2, 0.25) is 23.6 Å². The van der Waals surface area contributed by atoms with Gasteiger partial charge in [-0.1, -0.05) is 75.3 Å². The number of aryl methyl sites for hydroxylation is 1. The maximum atomic E-state index is 14.3. The first-order valence-electron chi connectivity index (χ1n) is 25.8. The Kier molecular flexibility index (Phi) is 17.7. The van der Waals surface area contributed by atoms with Gasteiger partial charge in [-0.05, 0) is 99.5 Å². The van der Waals surface area contributed by atoms with Crippen molar-refractivity contribution in [1.82, 2.24) is 45.3 Å².